The van der Waals surface area contributed by atoms with E-state index in [1.165, 1.54) is 0 Å². The van der Waals surface area contributed by atoms with Crippen LogP contribution in [0.3, 0.4) is 0 Å². The Labute approximate surface area is 129 Å². The van der Waals surface area contributed by atoms with Crippen LogP contribution < -0.4 is 10.1 Å². The first-order valence-electron chi connectivity index (χ1n) is 6.27. The predicted molar refractivity (Wildman–Crippen MR) is 87.4 cm³/mol. The number of halogens is 1. The highest BCUT2D eigenvalue weighted by Crippen LogP contribution is 2.31. The molecule has 6 heteroatoms. The van der Waals surface area contributed by atoms with Gasteiger partial charge in [-0.15, -0.1) is 0 Å². The van der Waals surface area contributed by atoms with E-state index in [4.69, 9.17) is 16.3 Å². The summed E-state index contributed by atoms with van der Waals surface area (Å²) in [5.74, 6) is 1.45. The second-order valence-corrected chi connectivity index (χ2v) is 5.96. The molecule has 2 amide bonds. The molecule has 0 spiro atoms. The highest BCUT2D eigenvalue weighted by Gasteiger charge is 2.17. The van der Waals surface area contributed by atoms with Crippen LogP contribution in [0.4, 0.5) is 10.5 Å². The summed E-state index contributed by atoms with van der Waals surface area (Å²) in [5, 5.41) is 3.48. The van der Waals surface area contributed by atoms with Gasteiger partial charge in [0.2, 0.25) is 0 Å². The molecule has 1 unspecified atom stereocenters. The van der Waals surface area contributed by atoms with Crippen LogP contribution in [0.1, 0.15) is 12.5 Å². The number of urea groups is 1. The van der Waals surface area contributed by atoms with Crippen LogP contribution in [0.2, 0.25) is 5.02 Å². The summed E-state index contributed by atoms with van der Waals surface area (Å²) in [6, 6.07) is 3.51. The predicted octanol–water partition coefficient (Wildman–Crippen LogP) is 3.87. The molecule has 112 valence electrons. The quantitative estimate of drug-likeness (QED) is 0.896. The number of hydrogen-bond donors (Lipinski definition) is 1. The molecule has 0 fully saturated rings. The monoisotopic (exact) mass is 316 g/mol. The van der Waals surface area contributed by atoms with Crippen molar-refractivity contribution in [2.75, 3.05) is 31.5 Å². The molecular weight excluding hydrogens is 296 g/mol. The van der Waals surface area contributed by atoms with Gasteiger partial charge < -0.3 is 15.0 Å². The number of rotatable bonds is 5. The normalized spacial score (nSPS) is 11.9. The van der Waals surface area contributed by atoms with Crippen LogP contribution in [-0.4, -0.2) is 43.1 Å². The third-order valence-corrected chi connectivity index (χ3v) is 4.33. The third kappa shape index (κ3) is 4.21. The Balaban J connectivity index is 2.87. The molecule has 1 atom stereocenters. The summed E-state index contributed by atoms with van der Waals surface area (Å²) in [4.78, 5) is 13.9. The number of hydrogen-bond acceptors (Lipinski definition) is 3. The molecule has 4 nitrogen and oxygen atoms in total. The smallest absolute Gasteiger partial charge is 0.321 e. The molecule has 0 aliphatic carbocycles. The van der Waals surface area contributed by atoms with E-state index in [1.54, 1.807) is 36.9 Å². The second kappa shape index (κ2) is 7.64. The fourth-order valence-corrected chi connectivity index (χ4v) is 2.55. The van der Waals surface area contributed by atoms with E-state index in [0.29, 0.717) is 16.5 Å². The van der Waals surface area contributed by atoms with Gasteiger partial charge in [0.05, 0.1) is 12.8 Å². The Kier molecular flexibility index (Phi) is 6.49. The van der Waals surface area contributed by atoms with E-state index in [1.807, 2.05) is 26.2 Å². The number of thioether (sulfide) groups is 1. The standard InChI is InChI=1S/C14H21ClN2O2S/c1-9-6-12(13(19-4)7-11(9)15)16-14(18)17(3)10(2)8-20-5/h6-7,10H,8H2,1-5H3,(H,16,18). The first-order valence-corrected chi connectivity index (χ1v) is 8.04. The van der Waals surface area contributed by atoms with Gasteiger partial charge in [0, 0.05) is 29.9 Å². The van der Waals surface area contributed by atoms with Crippen molar-refractivity contribution < 1.29 is 9.53 Å². The first-order chi connectivity index (χ1) is 9.40. The maximum atomic E-state index is 12.2. The lowest BCUT2D eigenvalue weighted by molar-refractivity contribution is 0.212. The molecule has 0 saturated carbocycles. The van der Waals surface area contributed by atoms with Crippen molar-refractivity contribution in [2.45, 2.75) is 19.9 Å². The number of amides is 2. The summed E-state index contributed by atoms with van der Waals surface area (Å²) in [6.45, 7) is 3.90. The van der Waals surface area contributed by atoms with Crippen molar-refractivity contribution in [3.05, 3.63) is 22.7 Å². The first kappa shape index (κ1) is 17.0. The van der Waals surface area contributed by atoms with E-state index in [2.05, 4.69) is 5.32 Å². The van der Waals surface area contributed by atoms with E-state index >= 15 is 0 Å². The minimum atomic E-state index is -0.161. The minimum absolute atomic E-state index is 0.157. The SMILES string of the molecule is COc1cc(Cl)c(C)cc1NC(=O)N(C)C(C)CSC. The van der Waals surface area contributed by atoms with Crippen LogP contribution >= 0.6 is 23.4 Å². The van der Waals surface area contributed by atoms with Gasteiger partial charge in [-0.05, 0) is 31.7 Å². The van der Waals surface area contributed by atoms with Gasteiger partial charge in [-0.3, -0.25) is 0 Å². The Hall–Kier alpha value is -1.07. The number of benzene rings is 1. The Morgan fingerprint density at radius 2 is 2.20 bits per heavy atom. The number of nitrogens with one attached hydrogen (secondary N) is 1. The van der Waals surface area contributed by atoms with Crippen molar-refractivity contribution in [3.8, 4) is 5.75 Å². The van der Waals surface area contributed by atoms with Gasteiger partial charge in [0.15, 0.2) is 0 Å². The average molecular weight is 317 g/mol. The van der Waals surface area contributed by atoms with Gasteiger partial charge in [-0.2, -0.15) is 11.8 Å². The third-order valence-electron chi connectivity index (χ3n) is 3.11. The van der Waals surface area contributed by atoms with E-state index in [-0.39, 0.29) is 12.1 Å². The number of nitrogens with zero attached hydrogens (tertiary/aromatic N) is 1. The maximum absolute atomic E-state index is 12.2. The fourth-order valence-electron chi connectivity index (χ4n) is 1.69. The highest BCUT2D eigenvalue weighted by atomic mass is 35.5. The second-order valence-electron chi connectivity index (χ2n) is 4.65. The Bertz CT molecular complexity index is 482. The van der Waals surface area contributed by atoms with Gasteiger partial charge in [0.1, 0.15) is 5.75 Å². The summed E-state index contributed by atoms with van der Waals surface area (Å²) in [7, 11) is 3.34. The van der Waals surface area contributed by atoms with Gasteiger partial charge in [0.25, 0.3) is 0 Å². The summed E-state index contributed by atoms with van der Waals surface area (Å²) < 4.78 is 5.25. The molecule has 0 aliphatic heterocycles. The minimum Gasteiger partial charge on any atom is -0.495 e. The molecule has 1 aromatic carbocycles. The topological polar surface area (TPSA) is 41.6 Å². The van der Waals surface area contributed by atoms with Gasteiger partial charge in [-0.1, -0.05) is 11.6 Å². The lowest BCUT2D eigenvalue weighted by Crippen LogP contribution is -2.39. The lowest BCUT2D eigenvalue weighted by atomic mass is 10.2. The van der Waals surface area contributed by atoms with Crippen LogP contribution in [-0.2, 0) is 0 Å². The zero-order valence-electron chi connectivity index (χ0n) is 12.5. The van der Waals surface area contributed by atoms with Crippen LogP contribution in [0.5, 0.6) is 5.75 Å². The molecule has 1 N–H and O–H groups in total. The van der Waals surface area contributed by atoms with E-state index in [9.17, 15) is 4.79 Å². The zero-order chi connectivity index (χ0) is 15.3. The molecule has 0 heterocycles. The molecule has 0 aromatic heterocycles. The molecule has 1 rings (SSSR count). The largest absolute Gasteiger partial charge is 0.495 e. The van der Waals surface area contributed by atoms with Gasteiger partial charge in [-0.25, -0.2) is 4.79 Å². The number of methoxy groups -OCH3 is 1. The zero-order valence-corrected chi connectivity index (χ0v) is 14.1. The highest BCUT2D eigenvalue weighted by molar-refractivity contribution is 7.98. The Morgan fingerprint density at radius 1 is 1.55 bits per heavy atom. The fraction of sp³-hybridized carbons (Fsp3) is 0.500. The maximum Gasteiger partial charge on any atom is 0.321 e. The number of ether oxygens (including phenoxy) is 1. The van der Waals surface area contributed by atoms with Gasteiger partial charge >= 0.3 is 6.03 Å². The lowest BCUT2D eigenvalue weighted by Gasteiger charge is -2.25. The van der Waals surface area contributed by atoms with E-state index < -0.39 is 0 Å². The van der Waals surface area contributed by atoms with Crippen LogP contribution in [0.15, 0.2) is 12.1 Å². The molecule has 1 aromatic rings. The van der Waals surface area contributed by atoms with Crippen molar-refractivity contribution >= 4 is 35.1 Å². The molecule has 20 heavy (non-hydrogen) atoms. The molecule has 0 radical (unpaired) electrons. The van der Waals surface area contributed by atoms with Crippen molar-refractivity contribution in [1.82, 2.24) is 4.90 Å². The van der Waals surface area contributed by atoms with Crippen molar-refractivity contribution in [2.24, 2.45) is 0 Å². The van der Waals surface area contributed by atoms with Crippen LogP contribution in [0, 0.1) is 6.92 Å². The summed E-state index contributed by atoms with van der Waals surface area (Å²) in [5.41, 5.74) is 1.52. The van der Waals surface area contributed by atoms with Crippen molar-refractivity contribution in [3.63, 3.8) is 0 Å². The average Bonchev–Trinajstić information content (AvgIpc) is 2.41. The number of carbonyl (C=O) groups excluding carboxylic acids is 1. The molecular formula is C14H21ClN2O2S. The molecule has 0 bridgehead atoms. The summed E-state index contributed by atoms with van der Waals surface area (Å²) >= 11 is 7.76. The molecule has 0 saturated heterocycles. The van der Waals surface area contributed by atoms with E-state index in [0.717, 1.165) is 11.3 Å². The number of carbonyl (C=O) groups is 1. The van der Waals surface area contributed by atoms with Crippen molar-refractivity contribution in [1.29, 1.82) is 0 Å². The summed E-state index contributed by atoms with van der Waals surface area (Å²) in [6.07, 6.45) is 2.02. The number of anilines is 1. The number of aryl methyl sites for hydroxylation is 1. The molecule has 0 aliphatic rings. The van der Waals surface area contributed by atoms with Crippen LogP contribution in [0.25, 0.3) is 0 Å². The Morgan fingerprint density at radius 3 is 2.75 bits per heavy atom.